The Morgan fingerprint density at radius 1 is 0.345 bits per heavy atom. The molecule has 4 aromatic carbocycles. The van der Waals surface area contributed by atoms with Gasteiger partial charge in [-0.25, -0.2) is 0 Å². The minimum absolute atomic E-state index is 0. The van der Waals surface area contributed by atoms with Gasteiger partial charge in [0.15, 0.2) is 11.6 Å². The molecule has 144 valence electrons. The van der Waals surface area contributed by atoms with Crippen LogP contribution in [-0.4, -0.2) is 17.0 Å². The van der Waals surface area contributed by atoms with Crippen LogP contribution in [0.4, 0.5) is 0 Å². The van der Waals surface area contributed by atoms with Crippen LogP contribution in [0.3, 0.4) is 0 Å². The molecule has 4 rings (SSSR count). The maximum absolute atomic E-state index is 11.8. The molecule has 0 bridgehead atoms. The van der Waals surface area contributed by atoms with Crippen LogP contribution in [0.2, 0.25) is 0 Å². The first kappa shape index (κ1) is 21.5. The van der Waals surface area contributed by atoms with Gasteiger partial charge in [0.05, 0.1) is 0 Å². The second kappa shape index (κ2) is 11.1. The van der Waals surface area contributed by atoms with E-state index < -0.39 is 0 Å². The van der Waals surface area contributed by atoms with Gasteiger partial charge >= 0.3 is 0 Å². The summed E-state index contributed by atoms with van der Waals surface area (Å²) in [6.07, 6.45) is 0. The molecule has 0 unspecified atom stereocenters. The molecule has 0 aliphatic carbocycles. The van der Waals surface area contributed by atoms with E-state index in [1.807, 2.05) is 121 Å². The van der Waals surface area contributed by atoms with E-state index in [0.717, 1.165) is 22.3 Å². The van der Waals surface area contributed by atoms with Crippen LogP contribution in [0.25, 0.3) is 0 Å². The summed E-state index contributed by atoms with van der Waals surface area (Å²) < 4.78 is 0. The van der Waals surface area contributed by atoms with Gasteiger partial charge in [0.1, 0.15) is 0 Å². The number of rotatable bonds is 4. The normalized spacial score (nSPS) is 9.38. The average Bonchev–Trinajstić information content (AvgIpc) is 2.81. The van der Waals surface area contributed by atoms with Crippen molar-refractivity contribution in [3.63, 3.8) is 0 Å². The Bertz CT molecular complexity index is 843. The summed E-state index contributed by atoms with van der Waals surface area (Å²) in [5.74, 6) is 0.150. The summed E-state index contributed by atoms with van der Waals surface area (Å²) >= 11 is 0. The lowest BCUT2D eigenvalue weighted by Crippen LogP contribution is -1.99. The van der Waals surface area contributed by atoms with Crippen molar-refractivity contribution < 1.29 is 15.1 Å². The molecular formula is C26H22O3. The molecule has 0 amide bonds. The molecule has 0 saturated heterocycles. The van der Waals surface area contributed by atoms with Gasteiger partial charge in [0.2, 0.25) is 0 Å². The smallest absolute Gasteiger partial charge is 0.193 e. The van der Waals surface area contributed by atoms with E-state index in [1.54, 1.807) is 0 Å². The Hall–Kier alpha value is -3.82. The summed E-state index contributed by atoms with van der Waals surface area (Å²) in [6.45, 7) is 0. The van der Waals surface area contributed by atoms with E-state index in [0.29, 0.717) is 0 Å². The monoisotopic (exact) mass is 382 g/mol. The van der Waals surface area contributed by atoms with Crippen LogP contribution in [0.15, 0.2) is 121 Å². The van der Waals surface area contributed by atoms with Crippen LogP contribution < -0.4 is 0 Å². The first-order valence-corrected chi connectivity index (χ1v) is 9.05. The molecule has 3 heteroatoms. The van der Waals surface area contributed by atoms with Gasteiger partial charge in [-0.1, -0.05) is 121 Å². The van der Waals surface area contributed by atoms with Crippen molar-refractivity contribution in [2.75, 3.05) is 0 Å². The number of carbonyl (C=O) groups excluding carboxylic acids is 2. The molecule has 0 radical (unpaired) electrons. The van der Waals surface area contributed by atoms with Gasteiger partial charge in [0, 0.05) is 22.3 Å². The summed E-state index contributed by atoms with van der Waals surface area (Å²) in [7, 11) is 0. The van der Waals surface area contributed by atoms with E-state index in [9.17, 15) is 9.59 Å². The number of hydrogen-bond donors (Lipinski definition) is 0. The zero-order valence-electron chi connectivity index (χ0n) is 15.9. The van der Waals surface area contributed by atoms with Crippen LogP contribution >= 0.6 is 0 Å². The third-order valence-electron chi connectivity index (χ3n) is 4.14. The zero-order chi connectivity index (χ0) is 19.6. The lowest BCUT2D eigenvalue weighted by atomic mass is 10.0. The van der Waals surface area contributed by atoms with Crippen molar-refractivity contribution in [3.8, 4) is 0 Å². The minimum atomic E-state index is 0. The fourth-order valence-electron chi connectivity index (χ4n) is 2.69. The molecule has 3 nitrogen and oxygen atoms in total. The van der Waals surface area contributed by atoms with E-state index in [2.05, 4.69) is 0 Å². The molecule has 0 fully saturated rings. The summed E-state index contributed by atoms with van der Waals surface area (Å²) in [5.41, 5.74) is 2.94. The standard InChI is InChI=1S/2C13H10O.H2O/c2*14-13(11-7-3-1-4-8-11)12-9-5-2-6-10-12;/h2*1-10H;1H2. The number of benzene rings is 4. The van der Waals surface area contributed by atoms with Crippen molar-refractivity contribution >= 4 is 11.6 Å². The van der Waals surface area contributed by atoms with E-state index in [1.165, 1.54) is 0 Å². The lowest BCUT2D eigenvalue weighted by Gasteiger charge is -1.99. The second-order valence-electron chi connectivity index (χ2n) is 6.12. The molecule has 0 aromatic heterocycles. The molecule has 0 atom stereocenters. The van der Waals surface area contributed by atoms with Crippen molar-refractivity contribution in [3.05, 3.63) is 144 Å². The van der Waals surface area contributed by atoms with Gasteiger partial charge in [-0.05, 0) is 0 Å². The predicted molar refractivity (Wildman–Crippen MR) is 116 cm³/mol. The molecule has 0 aliphatic rings. The third-order valence-corrected chi connectivity index (χ3v) is 4.14. The molecule has 4 aromatic rings. The Labute approximate surface area is 170 Å². The summed E-state index contributed by atoms with van der Waals surface area (Å²) in [5, 5.41) is 0. The fourth-order valence-corrected chi connectivity index (χ4v) is 2.69. The fraction of sp³-hybridized carbons (Fsp3) is 0. The molecular weight excluding hydrogens is 360 g/mol. The highest BCUT2D eigenvalue weighted by molar-refractivity contribution is 6.09. The number of carbonyl (C=O) groups is 2. The van der Waals surface area contributed by atoms with Crippen molar-refractivity contribution in [2.45, 2.75) is 0 Å². The van der Waals surface area contributed by atoms with E-state index in [4.69, 9.17) is 0 Å². The van der Waals surface area contributed by atoms with Gasteiger partial charge in [-0.2, -0.15) is 0 Å². The topological polar surface area (TPSA) is 65.6 Å². The van der Waals surface area contributed by atoms with E-state index >= 15 is 0 Å². The van der Waals surface area contributed by atoms with Crippen LogP contribution in [-0.2, 0) is 0 Å². The second-order valence-corrected chi connectivity index (χ2v) is 6.12. The van der Waals surface area contributed by atoms with Gasteiger partial charge < -0.3 is 5.48 Å². The quantitative estimate of drug-likeness (QED) is 0.466. The maximum atomic E-state index is 11.8. The highest BCUT2D eigenvalue weighted by Gasteiger charge is 2.07. The largest absolute Gasteiger partial charge is 0.412 e. The Balaban J connectivity index is 0.000000200. The minimum Gasteiger partial charge on any atom is -0.412 e. The van der Waals surface area contributed by atoms with Crippen molar-refractivity contribution in [1.82, 2.24) is 0 Å². The summed E-state index contributed by atoms with van der Waals surface area (Å²) in [4.78, 5) is 23.7. The molecule has 2 N–H and O–H groups in total. The van der Waals surface area contributed by atoms with Crippen molar-refractivity contribution in [1.29, 1.82) is 0 Å². The molecule has 0 saturated carbocycles. The Morgan fingerprint density at radius 2 is 0.517 bits per heavy atom. The molecule has 0 spiro atoms. The Morgan fingerprint density at radius 3 is 0.690 bits per heavy atom. The third kappa shape index (κ3) is 6.09. The summed E-state index contributed by atoms with van der Waals surface area (Å²) in [6, 6.07) is 37.2. The first-order chi connectivity index (χ1) is 13.8. The predicted octanol–water partition coefficient (Wildman–Crippen LogP) is 5.01. The van der Waals surface area contributed by atoms with Crippen LogP contribution in [0.5, 0.6) is 0 Å². The Kier molecular flexibility index (Phi) is 8.24. The molecule has 0 aliphatic heterocycles. The SMILES string of the molecule is O.O=C(c1ccccc1)c1ccccc1.O=C(c1ccccc1)c1ccccc1. The highest BCUT2D eigenvalue weighted by Crippen LogP contribution is 2.09. The van der Waals surface area contributed by atoms with E-state index in [-0.39, 0.29) is 17.0 Å². The van der Waals surface area contributed by atoms with Gasteiger partial charge in [0.25, 0.3) is 0 Å². The van der Waals surface area contributed by atoms with Crippen LogP contribution in [0, 0.1) is 0 Å². The lowest BCUT2D eigenvalue weighted by molar-refractivity contribution is 0.103. The average molecular weight is 382 g/mol. The highest BCUT2D eigenvalue weighted by atomic mass is 16.1. The first-order valence-electron chi connectivity index (χ1n) is 9.05. The molecule has 29 heavy (non-hydrogen) atoms. The number of hydrogen-bond acceptors (Lipinski definition) is 2. The molecule has 0 heterocycles. The van der Waals surface area contributed by atoms with Gasteiger partial charge in [-0.3, -0.25) is 9.59 Å². The zero-order valence-corrected chi connectivity index (χ0v) is 15.9. The van der Waals surface area contributed by atoms with Crippen molar-refractivity contribution in [2.24, 2.45) is 0 Å². The maximum Gasteiger partial charge on any atom is 0.193 e. The number of ketones is 2. The van der Waals surface area contributed by atoms with Gasteiger partial charge in [-0.15, -0.1) is 0 Å². The van der Waals surface area contributed by atoms with Crippen LogP contribution in [0.1, 0.15) is 31.8 Å².